The lowest BCUT2D eigenvalue weighted by Crippen LogP contribution is -2.60. The number of cyclic esters (lactones) is 1. The molecule has 1 aromatic carbocycles. The molecule has 6 rings (SSSR count). The molecule has 4 bridgehead atoms. The number of allylic oxidation sites excluding steroid dienone is 1. The Kier molecular flexibility index (Phi) is 9.38. The van der Waals surface area contributed by atoms with E-state index in [9.17, 15) is 27.6 Å². The number of hydrogen-bond donors (Lipinski definition) is 3. The van der Waals surface area contributed by atoms with Crippen LogP contribution < -0.4 is 20.1 Å². The van der Waals surface area contributed by atoms with E-state index in [-0.39, 0.29) is 31.9 Å². The predicted octanol–water partition coefficient (Wildman–Crippen LogP) is 3.42. The topological polar surface area (TPSA) is 173 Å². The minimum absolute atomic E-state index is 0.00432. The molecule has 13 nitrogen and oxygen atoms in total. The summed E-state index contributed by atoms with van der Waals surface area (Å²) in [5.74, 6) is -1.79. The first kappa shape index (κ1) is 34.7. The molecule has 0 spiro atoms. The number of rotatable bonds is 6. The molecule has 0 radical (unpaired) electrons. The van der Waals surface area contributed by atoms with Gasteiger partial charge in [-0.25, -0.2) is 18.2 Å². The first-order valence-corrected chi connectivity index (χ1v) is 18.6. The van der Waals surface area contributed by atoms with Crippen LogP contribution in [0.2, 0.25) is 0 Å². The van der Waals surface area contributed by atoms with Gasteiger partial charge < -0.3 is 25.0 Å². The Morgan fingerprint density at radius 3 is 2.63 bits per heavy atom. The molecule has 2 saturated carbocycles. The number of alkyl carbamates (subject to hydrolysis) is 1. The number of nitrogens with zero attached hydrogens (tertiary/aromatic N) is 2. The molecular formula is C35H45N5O8S. The summed E-state index contributed by atoms with van der Waals surface area (Å²) in [6.07, 6.45) is 7.32. The lowest BCUT2D eigenvalue weighted by molar-refractivity contribution is -0.143. The largest absolute Gasteiger partial charge is 0.472 e. The molecule has 3 heterocycles. The molecule has 1 aromatic heterocycles. The van der Waals surface area contributed by atoms with E-state index in [0.29, 0.717) is 38.0 Å². The number of aromatic nitrogens is 1. The highest BCUT2D eigenvalue weighted by atomic mass is 32.2. The highest BCUT2D eigenvalue weighted by Crippen LogP contribution is 2.47. The summed E-state index contributed by atoms with van der Waals surface area (Å²) in [6.45, 7) is 7.44. The third-order valence-corrected chi connectivity index (χ3v) is 11.7. The molecule has 1 unspecified atom stereocenters. The third-order valence-electron chi connectivity index (χ3n) is 9.86. The van der Waals surface area contributed by atoms with Gasteiger partial charge in [-0.05, 0) is 66.5 Å². The molecule has 5 atom stereocenters. The second kappa shape index (κ2) is 13.3. The molecule has 3 fully saturated rings. The average Bonchev–Trinajstić information content (AvgIpc) is 3.97. The Hall–Kier alpha value is -4.20. The van der Waals surface area contributed by atoms with E-state index in [1.165, 1.54) is 4.90 Å². The number of nitrogens with one attached hydrogen (secondary N) is 3. The number of hydrogen-bond acceptors (Lipinski definition) is 9. The minimum atomic E-state index is -3.85. The van der Waals surface area contributed by atoms with Crippen molar-refractivity contribution in [3.63, 3.8) is 0 Å². The van der Waals surface area contributed by atoms with E-state index in [2.05, 4.69) is 20.3 Å². The summed E-state index contributed by atoms with van der Waals surface area (Å²) in [5.41, 5.74) is -1.25. The van der Waals surface area contributed by atoms with E-state index in [1.54, 1.807) is 27.0 Å². The van der Waals surface area contributed by atoms with Gasteiger partial charge in [-0.3, -0.25) is 19.1 Å². The fraction of sp³-hybridized carbons (Fsp3) is 0.571. The van der Waals surface area contributed by atoms with Crippen molar-refractivity contribution < 1.29 is 37.1 Å². The Balaban J connectivity index is 1.33. The third kappa shape index (κ3) is 7.38. The molecule has 4 aliphatic rings. The number of benzene rings is 1. The summed E-state index contributed by atoms with van der Waals surface area (Å²) in [4.78, 5) is 60.8. The van der Waals surface area contributed by atoms with Gasteiger partial charge in [0.15, 0.2) is 0 Å². The lowest BCUT2D eigenvalue weighted by Gasteiger charge is -2.35. The number of fused-ring (bicyclic) bond motifs is 3. The predicted molar refractivity (Wildman–Crippen MR) is 182 cm³/mol. The van der Waals surface area contributed by atoms with Crippen LogP contribution >= 0.6 is 0 Å². The highest BCUT2D eigenvalue weighted by Gasteiger charge is 2.62. The molecule has 264 valence electrons. The van der Waals surface area contributed by atoms with Crippen LogP contribution in [0.5, 0.6) is 5.88 Å². The van der Waals surface area contributed by atoms with E-state index in [4.69, 9.17) is 9.47 Å². The van der Waals surface area contributed by atoms with Crippen molar-refractivity contribution in [1.29, 1.82) is 0 Å². The molecule has 4 amide bonds. The molecular weight excluding hydrogens is 650 g/mol. The smallest absolute Gasteiger partial charge is 0.407 e. The maximum Gasteiger partial charge on any atom is 0.407 e. The number of sulfonamides is 1. The van der Waals surface area contributed by atoms with Crippen molar-refractivity contribution in [1.82, 2.24) is 25.2 Å². The second-order valence-corrected chi connectivity index (χ2v) is 16.6. The van der Waals surface area contributed by atoms with Crippen LogP contribution in [0, 0.1) is 11.3 Å². The van der Waals surface area contributed by atoms with E-state index in [0.717, 1.165) is 16.3 Å². The SMILES string of the molecule is CC[C@@H]1CC1(NC(=O)[C@@H]1C[C@@H]2CN1C(=O)[C@H](C(C)(C)C)NC(=O)OCCC/C=C/c1ccc3ccnc(c3c1)O2)C(=O)NS(=O)(=O)C1CC1. The van der Waals surface area contributed by atoms with Crippen LogP contribution in [0.25, 0.3) is 16.8 Å². The van der Waals surface area contributed by atoms with Gasteiger partial charge >= 0.3 is 6.09 Å². The summed E-state index contributed by atoms with van der Waals surface area (Å²) in [5, 5.41) is 6.66. The number of ether oxygens (including phenoxy) is 2. The lowest BCUT2D eigenvalue weighted by atomic mass is 9.85. The molecule has 2 aliphatic heterocycles. The van der Waals surface area contributed by atoms with Crippen LogP contribution in [0.15, 0.2) is 36.5 Å². The summed E-state index contributed by atoms with van der Waals surface area (Å²) in [7, 11) is -3.85. The molecule has 14 heteroatoms. The van der Waals surface area contributed by atoms with Gasteiger partial charge in [-0.2, -0.15) is 0 Å². The second-order valence-electron chi connectivity index (χ2n) is 14.6. The zero-order valence-corrected chi connectivity index (χ0v) is 29.2. The van der Waals surface area contributed by atoms with E-state index < -0.39 is 68.2 Å². The van der Waals surface area contributed by atoms with Crippen molar-refractivity contribution >= 4 is 50.7 Å². The van der Waals surface area contributed by atoms with Gasteiger partial charge in [0.1, 0.15) is 23.7 Å². The molecule has 1 saturated heterocycles. The Bertz CT molecular complexity index is 1790. The van der Waals surface area contributed by atoms with Crippen molar-refractivity contribution in [3.05, 3.63) is 42.1 Å². The van der Waals surface area contributed by atoms with Crippen LogP contribution in [0.4, 0.5) is 4.79 Å². The van der Waals surface area contributed by atoms with E-state index >= 15 is 0 Å². The average molecular weight is 696 g/mol. The van der Waals surface area contributed by atoms with Crippen molar-refractivity contribution in [3.8, 4) is 5.88 Å². The van der Waals surface area contributed by atoms with Gasteiger partial charge in [0.05, 0.1) is 18.4 Å². The minimum Gasteiger partial charge on any atom is -0.472 e. The number of carbonyl (C=O) groups excluding carboxylic acids is 4. The van der Waals surface area contributed by atoms with Gasteiger partial charge in [0.25, 0.3) is 5.91 Å². The Morgan fingerprint density at radius 1 is 1.16 bits per heavy atom. The number of pyridine rings is 1. The van der Waals surface area contributed by atoms with Gasteiger partial charge in [0, 0.05) is 18.0 Å². The maximum atomic E-state index is 14.4. The summed E-state index contributed by atoms with van der Waals surface area (Å²) < 4.78 is 39.4. The fourth-order valence-electron chi connectivity index (χ4n) is 6.74. The Labute approximate surface area is 286 Å². The van der Waals surface area contributed by atoms with E-state index in [1.807, 2.05) is 43.3 Å². The van der Waals surface area contributed by atoms with Crippen molar-refractivity contribution in [2.24, 2.45) is 11.3 Å². The van der Waals surface area contributed by atoms with Crippen molar-refractivity contribution in [2.45, 2.75) is 102 Å². The zero-order chi connectivity index (χ0) is 35.1. The van der Waals surface area contributed by atoms with Crippen LogP contribution in [0.3, 0.4) is 0 Å². The van der Waals surface area contributed by atoms with Crippen LogP contribution in [0.1, 0.15) is 78.2 Å². The van der Waals surface area contributed by atoms with Gasteiger partial charge in [-0.15, -0.1) is 0 Å². The Morgan fingerprint density at radius 2 is 1.94 bits per heavy atom. The number of carbonyl (C=O) groups is 4. The monoisotopic (exact) mass is 695 g/mol. The van der Waals surface area contributed by atoms with Crippen LogP contribution in [-0.2, 0) is 29.1 Å². The van der Waals surface area contributed by atoms with Crippen molar-refractivity contribution in [2.75, 3.05) is 13.2 Å². The molecule has 49 heavy (non-hydrogen) atoms. The molecule has 2 aromatic rings. The maximum absolute atomic E-state index is 14.4. The standard InChI is InChI=1S/C35H45N5O8S/c1-5-23-19-35(23,32(43)39-49(45,46)25-12-13-25)38-29(41)27-18-24-20-40(27)31(42)28(34(2,3)4)37-33(44)47-16-8-6-7-9-21-10-11-22-14-15-36-30(48-24)26(22)17-21/h7,9-11,14-15,17,23-25,27-28H,5-6,8,12-13,16,18-20H2,1-4H3,(H,37,44)(H,38,41)(H,39,43)/b9-7+/t23-,24-,27+,28-,35?/m1/s1. The normalized spacial score (nSPS) is 28.4. The number of amides is 4. The fourth-order valence-corrected chi connectivity index (χ4v) is 8.11. The summed E-state index contributed by atoms with van der Waals surface area (Å²) in [6, 6.07) is 5.66. The first-order chi connectivity index (χ1) is 23.2. The molecule has 2 aliphatic carbocycles. The summed E-state index contributed by atoms with van der Waals surface area (Å²) >= 11 is 0. The van der Waals surface area contributed by atoms with Gasteiger partial charge in [-0.1, -0.05) is 58.4 Å². The first-order valence-electron chi connectivity index (χ1n) is 17.1. The zero-order valence-electron chi connectivity index (χ0n) is 28.4. The highest BCUT2D eigenvalue weighted by molar-refractivity contribution is 7.91. The van der Waals surface area contributed by atoms with Crippen LogP contribution in [-0.4, -0.2) is 84.2 Å². The van der Waals surface area contributed by atoms with Gasteiger partial charge in [0.2, 0.25) is 27.7 Å². The quantitative estimate of drug-likeness (QED) is 0.409. The molecule has 3 N–H and O–H groups in total.